The van der Waals surface area contributed by atoms with Gasteiger partial charge in [0.15, 0.2) is 0 Å². The summed E-state index contributed by atoms with van der Waals surface area (Å²) in [5, 5.41) is 13.4. The van der Waals surface area contributed by atoms with Crippen LogP contribution in [0.2, 0.25) is 0 Å². The number of likely N-dealkylation sites (tertiary alicyclic amines) is 1. The number of hydrogen-bond donors (Lipinski definition) is 1. The maximum absolute atomic E-state index is 13.4. The van der Waals surface area contributed by atoms with Crippen LogP contribution in [-0.2, 0) is 9.59 Å². The second-order valence-corrected chi connectivity index (χ2v) is 8.28. The average molecular weight is 437 g/mol. The Bertz CT molecular complexity index is 963. The maximum Gasteiger partial charge on any atom is 0.295 e. The summed E-state index contributed by atoms with van der Waals surface area (Å²) in [5.41, 5.74) is 1.16. The lowest BCUT2D eigenvalue weighted by Crippen LogP contribution is -3.12. The van der Waals surface area contributed by atoms with Crippen molar-refractivity contribution in [3.63, 3.8) is 0 Å². The van der Waals surface area contributed by atoms with E-state index in [0.717, 1.165) is 25.2 Å². The fourth-order valence-electron chi connectivity index (χ4n) is 4.08. The maximum atomic E-state index is 13.4. The Morgan fingerprint density at radius 3 is 2.22 bits per heavy atom. The molecule has 1 atom stereocenters. The van der Waals surface area contributed by atoms with Crippen LogP contribution >= 0.6 is 0 Å². The summed E-state index contributed by atoms with van der Waals surface area (Å²) in [4.78, 5) is 28.9. The molecule has 0 radical (unpaired) electrons. The fraction of sp³-hybridized carbons (Fsp3) is 0.385. The lowest BCUT2D eigenvalue weighted by atomic mass is 9.95. The molecule has 32 heavy (non-hydrogen) atoms. The van der Waals surface area contributed by atoms with Crippen LogP contribution < -0.4 is 14.7 Å². The van der Waals surface area contributed by atoms with Crippen LogP contribution in [0.5, 0.6) is 5.75 Å². The smallest absolute Gasteiger partial charge is 0.295 e. The van der Waals surface area contributed by atoms with Gasteiger partial charge in [0.05, 0.1) is 38.3 Å². The molecule has 1 N–H and O–H groups in total. The molecule has 1 saturated heterocycles. The first kappa shape index (κ1) is 23.5. The Balaban J connectivity index is 2.02. The number of likely N-dealkylation sites (N-methyl/N-ethyl adjacent to an activating group) is 1. The first-order chi connectivity index (χ1) is 15.4. The normalized spacial score (nSPS) is 18.1. The molecule has 1 amide bonds. The second kappa shape index (κ2) is 10.5. The van der Waals surface area contributed by atoms with Gasteiger partial charge in [-0.2, -0.15) is 0 Å². The topological polar surface area (TPSA) is 74.1 Å². The van der Waals surface area contributed by atoms with E-state index in [1.54, 1.807) is 29.2 Å². The summed E-state index contributed by atoms with van der Waals surface area (Å²) >= 11 is 0. The van der Waals surface area contributed by atoms with Gasteiger partial charge in [0.1, 0.15) is 5.75 Å². The molecular formula is C26H32N2O4. The predicted molar refractivity (Wildman–Crippen MR) is 122 cm³/mol. The first-order valence-corrected chi connectivity index (χ1v) is 11.3. The Morgan fingerprint density at radius 2 is 1.66 bits per heavy atom. The number of carbonyl (C=O) groups excluding carboxylic acids is 2. The van der Waals surface area contributed by atoms with E-state index < -0.39 is 23.5 Å². The Kier molecular flexibility index (Phi) is 7.70. The Labute approximate surface area is 190 Å². The van der Waals surface area contributed by atoms with Crippen molar-refractivity contribution < 1.29 is 24.3 Å². The molecule has 0 saturated carbocycles. The number of nitrogens with zero attached hydrogens (tertiary/aromatic N) is 1. The zero-order chi connectivity index (χ0) is 23.3. The lowest BCUT2D eigenvalue weighted by Gasteiger charge is -2.28. The van der Waals surface area contributed by atoms with E-state index in [4.69, 9.17) is 4.74 Å². The van der Waals surface area contributed by atoms with Gasteiger partial charge in [-0.1, -0.05) is 48.2 Å². The number of hydrogen-bond acceptors (Lipinski definition) is 4. The summed E-state index contributed by atoms with van der Waals surface area (Å²) in [5.74, 6) is -1.07. The molecule has 3 rings (SSSR count). The highest BCUT2D eigenvalue weighted by atomic mass is 16.5. The van der Waals surface area contributed by atoms with Gasteiger partial charge in [0, 0.05) is 5.57 Å². The number of ether oxygens (including phenoxy) is 1. The molecule has 0 aliphatic carbocycles. The van der Waals surface area contributed by atoms with Crippen molar-refractivity contribution in [3.8, 4) is 5.75 Å². The molecule has 2 aromatic carbocycles. The summed E-state index contributed by atoms with van der Waals surface area (Å²) in [6.45, 7) is 11.0. The number of benzene rings is 2. The van der Waals surface area contributed by atoms with E-state index in [2.05, 4.69) is 13.8 Å². The Hall–Kier alpha value is -3.12. The van der Waals surface area contributed by atoms with E-state index in [9.17, 15) is 14.7 Å². The zero-order valence-corrected chi connectivity index (χ0v) is 19.3. The highest BCUT2D eigenvalue weighted by molar-refractivity contribution is 6.46. The molecule has 0 bridgehead atoms. The molecule has 1 heterocycles. The van der Waals surface area contributed by atoms with Gasteiger partial charge >= 0.3 is 0 Å². The number of ketones is 1. The predicted octanol–water partition coefficient (Wildman–Crippen LogP) is 1.62. The summed E-state index contributed by atoms with van der Waals surface area (Å²) in [6.07, 6.45) is 0.0175. The van der Waals surface area contributed by atoms with E-state index in [0.29, 0.717) is 17.9 Å². The van der Waals surface area contributed by atoms with Gasteiger partial charge in [-0.15, -0.1) is 0 Å². The van der Waals surface area contributed by atoms with Crippen LogP contribution in [0.1, 0.15) is 44.9 Å². The highest BCUT2D eigenvalue weighted by Gasteiger charge is 2.44. The summed E-state index contributed by atoms with van der Waals surface area (Å²) in [6, 6.07) is 15.4. The van der Waals surface area contributed by atoms with Crippen molar-refractivity contribution in [3.05, 3.63) is 71.3 Å². The van der Waals surface area contributed by atoms with Crippen molar-refractivity contribution in [1.29, 1.82) is 0 Å². The van der Waals surface area contributed by atoms with Crippen molar-refractivity contribution in [2.75, 3.05) is 26.2 Å². The summed E-state index contributed by atoms with van der Waals surface area (Å²) < 4.78 is 5.65. The van der Waals surface area contributed by atoms with Gasteiger partial charge < -0.3 is 19.6 Å². The molecule has 0 spiro atoms. The molecule has 1 aliphatic heterocycles. The standard InChI is InChI=1S/C26H32N2O4/c1-5-27(6-2)16-17-28-23(19-10-8-7-9-11-19)22(25(30)26(28)31)24(29)20-12-14-21(15-13-20)32-18(3)4/h7-15,18,23,29H,5-6,16-17H2,1-4H3/b24-22+. The van der Waals surface area contributed by atoms with Crippen LogP contribution in [0.3, 0.4) is 0 Å². The van der Waals surface area contributed by atoms with E-state index >= 15 is 0 Å². The largest absolute Gasteiger partial charge is 0.872 e. The fourth-order valence-corrected chi connectivity index (χ4v) is 4.08. The Morgan fingerprint density at radius 1 is 1.03 bits per heavy atom. The van der Waals surface area contributed by atoms with E-state index in [-0.39, 0.29) is 11.7 Å². The minimum Gasteiger partial charge on any atom is -0.872 e. The minimum absolute atomic E-state index is 0.0175. The number of Topliss-reactive ketones (excluding diaryl/α,β-unsaturated/α-hetero) is 1. The van der Waals surface area contributed by atoms with Crippen molar-refractivity contribution >= 4 is 17.4 Å². The van der Waals surface area contributed by atoms with Crippen LogP contribution in [0, 0.1) is 0 Å². The molecule has 170 valence electrons. The van der Waals surface area contributed by atoms with Crippen LogP contribution in [0.25, 0.3) is 5.76 Å². The highest BCUT2D eigenvalue weighted by Crippen LogP contribution is 2.38. The van der Waals surface area contributed by atoms with Crippen LogP contribution in [0.4, 0.5) is 0 Å². The number of quaternary nitrogens is 1. The average Bonchev–Trinajstić information content (AvgIpc) is 3.05. The quantitative estimate of drug-likeness (QED) is 0.368. The number of nitrogens with one attached hydrogen (secondary N) is 1. The van der Waals surface area contributed by atoms with Gasteiger partial charge in [-0.25, -0.2) is 0 Å². The van der Waals surface area contributed by atoms with Crippen molar-refractivity contribution in [2.24, 2.45) is 0 Å². The molecule has 6 nitrogen and oxygen atoms in total. The molecule has 0 aromatic heterocycles. The monoisotopic (exact) mass is 436 g/mol. The molecule has 1 unspecified atom stereocenters. The van der Waals surface area contributed by atoms with E-state index in [1.807, 2.05) is 44.2 Å². The summed E-state index contributed by atoms with van der Waals surface area (Å²) in [7, 11) is 0. The molecule has 1 aliphatic rings. The molecule has 2 aromatic rings. The molecular weight excluding hydrogens is 404 g/mol. The second-order valence-electron chi connectivity index (χ2n) is 8.28. The third-order valence-electron chi connectivity index (χ3n) is 5.84. The number of rotatable bonds is 9. The minimum atomic E-state index is -0.707. The van der Waals surface area contributed by atoms with Gasteiger partial charge in [0.2, 0.25) is 5.78 Å². The number of carbonyl (C=O) groups is 2. The van der Waals surface area contributed by atoms with Crippen molar-refractivity contribution in [2.45, 2.75) is 39.8 Å². The van der Waals surface area contributed by atoms with Gasteiger partial charge in [0.25, 0.3) is 5.91 Å². The zero-order valence-electron chi connectivity index (χ0n) is 19.3. The molecule has 6 heteroatoms. The number of amides is 1. The SMILES string of the molecule is CC[NH+](CC)CCN1C(=O)C(=O)/C(=C(/[O-])c2ccc(OC(C)C)cc2)C1c1ccccc1. The van der Waals surface area contributed by atoms with Crippen LogP contribution in [0.15, 0.2) is 60.2 Å². The van der Waals surface area contributed by atoms with Crippen molar-refractivity contribution in [1.82, 2.24) is 4.90 Å². The third kappa shape index (κ3) is 5.02. The van der Waals surface area contributed by atoms with Gasteiger partial charge in [-0.3, -0.25) is 9.59 Å². The van der Waals surface area contributed by atoms with Crippen LogP contribution in [-0.4, -0.2) is 48.9 Å². The van der Waals surface area contributed by atoms with E-state index in [1.165, 1.54) is 4.90 Å². The third-order valence-corrected chi connectivity index (χ3v) is 5.84. The first-order valence-electron chi connectivity index (χ1n) is 11.3. The molecule has 1 fully saturated rings. The lowest BCUT2D eigenvalue weighted by molar-refractivity contribution is -0.895. The van der Waals surface area contributed by atoms with Gasteiger partial charge in [-0.05, 0) is 51.0 Å².